The first-order valence-corrected chi connectivity index (χ1v) is 9.56. The van der Waals surface area contributed by atoms with Crippen LogP contribution in [0, 0.1) is 0 Å². The van der Waals surface area contributed by atoms with Crippen molar-refractivity contribution < 1.29 is 14.3 Å². The largest absolute Gasteiger partial charge is 0.460 e. The summed E-state index contributed by atoms with van der Waals surface area (Å²) >= 11 is 0. The summed E-state index contributed by atoms with van der Waals surface area (Å²) in [6.45, 7) is 3.89. The van der Waals surface area contributed by atoms with Crippen molar-refractivity contribution in [2.45, 2.75) is 56.7 Å². The molecule has 1 saturated carbocycles. The number of rotatable bonds is 7. The van der Waals surface area contributed by atoms with Gasteiger partial charge in [-0.05, 0) is 48.4 Å². The van der Waals surface area contributed by atoms with E-state index in [2.05, 4.69) is 30.8 Å². The first-order chi connectivity index (χ1) is 12.7. The second-order valence-electron chi connectivity index (χ2n) is 7.05. The van der Waals surface area contributed by atoms with Gasteiger partial charge in [-0.25, -0.2) is 4.79 Å². The number of carbonyl (C=O) groups is 1. The Labute approximate surface area is 156 Å². The molecule has 0 heterocycles. The van der Waals surface area contributed by atoms with E-state index in [1.807, 2.05) is 24.3 Å². The van der Waals surface area contributed by atoms with E-state index in [1.165, 1.54) is 6.42 Å². The van der Waals surface area contributed by atoms with Crippen LogP contribution in [-0.2, 0) is 14.3 Å². The lowest BCUT2D eigenvalue weighted by Gasteiger charge is -2.28. The first-order valence-electron chi connectivity index (χ1n) is 9.56. The van der Waals surface area contributed by atoms with Crippen LogP contribution in [0.5, 0.6) is 0 Å². The molecule has 3 nitrogen and oxygen atoms in total. The summed E-state index contributed by atoms with van der Waals surface area (Å²) in [6.07, 6.45) is 7.34. The van der Waals surface area contributed by atoms with Crippen LogP contribution in [0.15, 0.2) is 55.1 Å². The average Bonchev–Trinajstić information content (AvgIpc) is 2.68. The first kappa shape index (κ1) is 18.7. The Balaban J connectivity index is 1.88. The Hall–Kier alpha value is -2.13. The molecule has 0 radical (unpaired) electrons. The highest BCUT2D eigenvalue weighted by atomic mass is 16.6. The zero-order chi connectivity index (χ0) is 18.4. The summed E-state index contributed by atoms with van der Waals surface area (Å²) in [5.74, 6) is -0.362. The van der Waals surface area contributed by atoms with Gasteiger partial charge in [-0.1, -0.05) is 55.0 Å². The van der Waals surface area contributed by atoms with Gasteiger partial charge in [0, 0.05) is 13.0 Å². The van der Waals surface area contributed by atoms with Gasteiger partial charge >= 0.3 is 5.97 Å². The third-order valence-electron chi connectivity index (χ3n) is 5.33. The lowest BCUT2D eigenvalue weighted by atomic mass is 9.86. The molecule has 0 spiro atoms. The molecular weight excluding hydrogens is 324 g/mol. The number of methoxy groups -OCH3 is 1. The van der Waals surface area contributed by atoms with Gasteiger partial charge in [0.2, 0.25) is 0 Å². The Bertz CT molecular complexity index is 741. The topological polar surface area (TPSA) is 35.5 Å². The summed E-state index contributed by atoms with van der Waals surface area (Å²) in [5, 5.41) is 2.31. The number of fused-ring (bicyclic) bond motifs is 1. The molecule has 26 heavy (non-hydrogen) atoms. The van der Waals surface area contributed by atoms with Crippen molar-refractivity contribution >= 4 is 16.7 Å². The van der Waals surface area contributed by atoms with E-state index in [0.717, 1.165) is 42.0 Å². The van der Waals surface area contributed by atoms with Crippen LogP contribution in [0.1, 0.15) is 50.0 Å². The highest BCUT2D eigenvalue weighted by Crippen LogP contribution is 2.33. The van der Waals surface area contributed by atoms with Gasteiger partial charge in [-0.15, -0.1) is 6.58 Å². The minimum absolute atomic E-state index is 0.0331. The lowest BCUT2D eigenvalue weighted by Crippen LogP contribution is -2.35. The van der Waals surface area contributed by atoms with E-state index >= 15 is 0 Å². The van der Waals surface area contributed by atoms with Crippen LogP contribution in [0.2, 0.25) is 0 Å². The van der Waals surface area contributed by atoms with E-state index in [4.69, 9.17) is 9.47 Å². The molecule has 2 unspecified atom stereocenters. The van der Waals surface area contributed by atoms with Gasteiger partial charge in [0.15, 0.2) is 6.10 Å². The minimum Gasteiger partial charge on any atom is -0.460 e. The van der Waals surface area contributed by atoms with Gasteiger partial charge in [0.05, 0.1) is 0 Å². The molecule has 0 N–H and O–H groups in total. The second kappa shape index (κ2) is 9.00. The Morgan fingerprint density at radius 2 is 1.88 bits per heavy atom. The van der Waals surface area contributed by atoms with Crippen LogP contribution in [-0.4, -0.2) is 25.3 Å². The van der Waals surface area contributed by atoms with Crippen LogP contribution < -0.4 is 0 Å². The summed E-state index contributed by atoms with van der Waals surface area (Å²) in [5.41, 5.74) is 1.11. The van der Waals surface area contributed by atoms with E-state index in [9.17, 15) is 4.79 Å². The fourth-order valence-electron chi connectivity index (χ4n) is 4.01. The van der Waals surface area contributed by atoms with Gasteiger partial charge in [0.25, 0.3) is 0 Å². The normalized spacial score (nSPS) is 17.6. The molecule has 138 valence electrons. The maximum absolute atomic E-state index is 12.9. The summed E-state index contributed by atoms with van der Waals surface area (Å²) in [4.78, 5) is 12.9. The molecule has 0 saturated heterocycles. The zero-order valence-electron chi connectivity index (χ0n) is 15.5. The minimum atomic E-state index is -0.624. The second-order valence-corrected chi connectivity index (χ2v) is 7.05. The molecule has 1 fully saturated rings. The third kappa shape index (κ3) is 4.16. The Morgan fingerprint density at radius 3 is 2.62 bits per heavy atom. The monoisotopic (exact) mass is 352 g/mol. The molecule has 1 aliphatic rings. The van der Waals surface area contributed by atoms with Crippen LogP contribution in [0.4, 0.5) is 0 Å². The average molecular weight is 352 g/mol. The van der Waals surface area contributed by atoms with Gasteiger partial charge in [-0.2, -0.15) is 0 Å². The molecule has 2 atom stereocenters. The smallest absolute Gasteiger partial charge is 0.336 e. The molecule has 3 rings (SSSR count). The van der Waals surface area contributed by atoms with Crippen molar-refractivity contribution in [3.05, 3.63) is 60.7 Å². The number of hydrogen-bond donors (Lipinski definition) is 0. The molecule has 0 bridgehead atoms. The van der Waals surface area contributed by atoms with Gasteiger partial charge in [0.1, 0.15) is 6.10 Å². The number of ether oxygens (including phenoxy) is 2. The number of hydrogen-bond acceptors (Lipinski definition) is 3. The molecule has 3 heteroatoms. The molecular formula is C23H28O3. The molecule has 1 aliphatic carbocycles. The number of carbonyl (C=O) groups excluding carboxylic acids is 1. The highest BCUT2D eigenvalue weighted by molar-refractivity contribution is 5.87. The fourth-order valence-corrected chi connectivity index (χ4v) is 4.01. The quantitative estimate of drug-likeness (QED) is 0.495. The van der Waals surface area contributed by atoms with E-state index in [0.29, 0.717) is 6.42 Å². The summed E-state index contributed by atoms with van der Waals surface area (Å²) in [6, 6.07) is 14.4. The summed E-state index contributed by atoms with van der Waals surface area (Å²) < 4.78 is 11.5. The van der Waals surface area contributed by atoms with Crippen molar-refractivity contribution in [3.8, 4) is 0 Å². The molecule has 2 aromatic rings. The molecule has 2 aromatic carbocycles. The summed E-state index contributed by atoms with van der Waals surface area (Å²) in [7, 11) is 1.59. The van der Waals surface area contributed by atoms with Crippen molar-refractivity contribution in [2.75, 3.05) is 7.11 Å². The number of allylic oxidation sites excluding steroid dienone is 1. The molecule has 0 aliphatic heterocycles. The van der Waals surface area contributed by atoms with Crippen molar-refractivity contribution in [2.24, 2.45) is 0 Å². The maximum Gasteiger partial charge on any atom is 0.336 e. The standard InChI is InChI=1S/C23H28O3/c1-3-10-21(20-16-9-12-17-11-7-8-15-19(17)20)22(25-2)23(24)26-18-13-5-4-6-14-18/h3,7-9,11-12,15-16,18,21-22H,1,4-6,10,13-14H2,2H3. The Morgan fingerprint density at radius 1 is 1.15 bits per heavy atom. The van der Waals surface area contributed by atoms with Crippen molar-refractivity contribution in [3.63, 3.8) is 0 Å². The highest BCUT2D eigenvalue weighted by Gasteiger charge is 2.33. The van der Waals surface area contributed by atoms with Gasteiger partial charge in [-0.3, -0.25) is 0 Å². The Kier molecular flexibility index (Phi) is 6.45. The predicted octanol–water partition coefficient (Wildman–Crippen LogP) is 5.39. The lowest BCUT2D eigenvalue weighted by molar-refractivity contribution is -0.163. The van der Waals surface area contributed by atoms with Crippen LogP contribution >= 0.6 is 0 Å². The van der Waals surface area contributed by atoms with E-state index < -0.39 is 6.10 Å². The fraction of sp³-hybridized carbons (Fsp3) is 0.435. The van der Waals surface area contributed by atoms with E-state index in [-0.39, 0.29) is 18.0 Å². The van der Waals surface area contributed by atoms with Gasteiger partial charge < -0.3 is 9.47 Å². The zero-order valence-corrected chi connectivity index (χ0v) is 15.5. The maximum atomic E-state index is 12.9. The molecule has 0 amide bonds. The number of esters is 1. The predicted molar refractivity (Wildman–Crippen MR) is 105 cm³/mol. The third-order valence-corrected chi connectivity index (χ3v) is 5.33. The van der Waals surface area contributed by atoms with E-state index in [1.54, 1.807) is 7.11 Å². The number of benzene rings is 2. The van der Waals surface area contributed by atoms with Crippen molar-refractivity contribution in [1.82, 2.24) is 0 Å². The van der Waals surface area contributed by atoms with Crippen LogP contribution in [0.25, 0.3) is 10.8 Å². The van der Waals surface area contributed by atoms with Crippen LogP contribution in [0.3, 0.4) is 0 Å². The SMILES string of the molecule is C=CCC(c1cccc2ccccc12)C(OC)C(=O)OC1CCCCC1. The molecule has 0 aromatic heterocycles. The van der Waals surface area contributed by atoms with Crippen molar-refractivity contribution in [1.29, 1.82) is 0 Å².